The summed E-state index contributed by atoms with van der Waals surface area (Å²) in [6.45, 7) is 8.03. The van der Waals surface area contributed by atoms with Crippen LogP contribution in [-0.4, -0.2) is 42.3 Å². The molecule has 1 fully saturated rings. The Balaban J connectivity index is 2.06. The van der Waals surface area contributed by atoms with E-state index < -0.39 is 24.1 Å². The number of alkyl carbamates (subject to hydrolysis) is 1. The van der Waals surface area contributed by atoms with Gasteiger partial charge in [-0.1, -0.05) is 57.2 Å². The van der Waals surface area contributed by atoms with Gasteiger partial charge in [0.15, 0.2) is 5.78 Å². The molecule has 0 radical (unpaired) electrons. The normalized spacial score (nSPS) is 17.8. The number of allylic oxidation sites excluding steroid dienone is 1. The first-order valence-electron chi connectivity index (χ1n) is 11.3. The molecule has 0 bridgehead atoms. The molecular weight excluding hydrogens is 422 g/mol. The fourth-order valence-electron chi connectivity index (χ4n) is 3.63. The van der Waals surface area contributed by atoms with E-state index in [2.05, 4.69) is 16.0 Å². The summed E-state index contributed by atoms with van der Waals surface area (Å²) in [5, 5.41) is 8.35. The number of ether oxygens (including phenoxy) is 1. The van der Waals surface area contributed by atoms with Crippen LogP contribution < -0.4 is 16.0 Å². The summed E-state index contributed by atoms with van der Waals surface area (Å²) >= 11 is 0. The Morgan fingerprint density at radius 2 is 1.88 bits per heavy atom. The van der Waals surface area contributed by atoms with Gasteiger partial charge in [0.25, 0.3) is 0 Å². The Bertz CT molecular complexity index is 861. The van der Waals surface area contributed by atoms with E-state index in [0.717, 1.165) is 5.56 Å². The Morgan fingerprint density at radius 1 is 1.18 bits per heavy atom. The number of rotatable bonds is 10. The third-order valence-corrected chi connectivity index (χ3v) is 5.23. The standard InChI is InChI=1S/C25H35N3O5/c1-17(29)10-11-20(14-19-12-13-26-22(19)30)27-23(31)21(15-25(2,3)4)28-24(32)33-16-18-8-6-5-7-9-18/h5-11,19-21H,12-16H2,1-4H3,(H,26,30)(H,27,31)(H,28,32)/b11-10+/t19-,20+,21-/m0/s1. The van der Waals surface area contributed by atoms with Gasteiger partial charge < -0.3 is 20.7 Å². The van der Waals surface area contributed by atoms with Gasteiger partial charge in [-0.25, -0.2) is 4.79 Å². The Hall–Kier alpha value is -3.16. The molecule has 33 heavy (non-hydrogen) atoms. The molecule has 2 rings (SSSR count). The summed E-state index contributed by atoms with van der Waals surface area (Å²) in [6, 6.07) is 7.92. The topological polar surface area (TPSA) is 114 Å². The summed E-state index contributed by atoms with van der Waals surface area (Å²) in [5.41, 5.74) is 0.596. The number of hydrogen-bond acceptors (Lipinski definition) is 5. The Morgan fingerprint density at radius 3 is 2.45 bits per heavy atom. The van der Waals surface area contributed by atoms with Gasteiger partial charge in [-0.3, -0.25) is 14.4 Å². The van der Waals surface area contributed by atoms with Gasteiger partial charge in [0.05, 0.1) is 0 Å². The highest BCUT2D eigenvalue weighted by atomic mass is 16.5. The van der Waals surface area contributed by atoms with Crippen LogP contribution in [0.5, 0.6) is 0 Å². The number of nitrogens with one attached hydrogen (secondary N) is 3. The number of hydrogen-bond donors (Lipinski definition) is 3. The van der Waals surface area contributed by atoms with Gasteiger partial charge in [0.1, 0.15) is 12.6 Å². The van der Waals surface area contributed by atoms with Gasteiger partial charge in [-0.05, 0) is 43.2 Å². The van der Waals surface area contributed by atoms with Crippen LogP contribution >= 0.6 is 0 Å². The van der Waals surface area contributed by atoms with Crippen molar-refractivity contribution in [3.8, 4) is 0 Å². The molecular formula is C25H35N3O5. The molecule has 180 valence electrons. The van der Waals surface area contributed by atoms with Crippen LogP contribution in [-0.2, 0) is 25.7 Å². The van der Waals surface area contributed by atoms with Crippen molar-refractivity contribution >= 4 is 23.7 Å². The molecule has 3 N–H and O–H groups in total. The highest BCUT2D eigenvalue weighted by Crippen LogP contribution is 2.22. The fraction of sp³-hybridized carbons (Fsp3) is 0.520. The number of ketones is 1. The summed E-state index contributed by atoms with van der Waals surface area (Å²) in [7, 11) is 0. The SMILES string of the molecule is CC(=O)/C=C/[C@H](C[C@@H]1CCNC1=O)NC(=O)[C@H](CC(C)(C)C)NC(=O)OCc1ccccc1. The molecule has 3 atom stereocenters. The zero-order valence-corrected chi connectivity index (χ0v) is 19.9. The molecule has 3 amide bonds. The molecule has 0 unspecified atom stereocenters. The highest BCUT2D eigenvalue weighted by molar-refractivity contribution is 5.88. The van der Waals surface area contributed by atoms with E-state index in [1.165, 1.54) is 13.0 Å². The third kappa shape index (κ3) is 9.89. The quantitative estimate of drug-likeness (QED) is 0.468. The van der Waals surface area contributed by atoms with E-state index in [4.69, 9.17) is 4.74 Å². The zero-order chi connectivity index (χ0) is 24.4. The molecule has 0 spiro atoms. The van der Waals surface area contributed by atoms with E-state index in [9.17, 15) is 19.2 Å². The van der Waals surface area contributed by atoms with E-state index in [1.807, 2.05) is 51.1 Å². The molecule has 8 nitrogen and oxygen atoms in total. The van der Waals surface area contributed by atoms with Crippen molar-refractivity contribution in [1.29, 1.82) is 0 Å². The van der Waals surface area contributed by atoms with Crippen molar-refractivity contribution in [3.05, 3.63) is 48.0 Å². The average molecular weight is 458 g/mol. The lowest BCUT2D eigenvalue weighted by molar-refractivity contribution is -0.125. The largest absolute Gasteiger partial charge is 0.445 e. The minimum Gasteiger partial charge on any atom is -0.445 e. The lowest BCUT2D eigenvalue weighted by Crippen LogP contribution is -2.51. The highest BCUT2D eigenvalue weighted by Gasteiger charge is 2.31. The summed E-state index contributed by atoms with van der Waals surface area (Å²) in [6.07, 6.45) is 3.74. The molecule has 1 aromatic rings. The lowest BCUT2D eigenvalue weighted by atomic mass is 9.87. The summed E-state index contributed by atoms with van der Waals surface area (Å²) in [4.78, 5) is 49.0. The van der Waals surface area contributed by atoms with Crippen molar-refractivity contribution in [2.45, 2.75) is 65.6 Å². The maximum atomic E-state index is 13.1. The van der Waals surface area contributed by atoms with Crippen LogP contribution in [0.3, 0.4) is 0 Å². The molecule has 0 saturated carbocycles. The van der Waals surface area contributed by atoms with E-state index >= 15 is 0 Å². The Kier molecular flexibility index (Phi) is 9.63. The molecule has 1 aromatic carbocycles. The third-order valence-electron chi connectivity index (χ3n) is 5.23. The second-order valence-corrected chi connectivity index (χ2v) is 9.62. The molecule has 0 aliphatic carbocycles. The minimum absolute atomic E-state index is 0.0562. The van der Waals surface area contributed by atoms with Crippen LogP contribution in [0.2, 0.25) is 0 Å². The predicted molar refractivity (Wildman–Crippen MR) is 125 cm³/mol. The van der Waals surface area contributed by atoms with Crippen molar-refractivity contribution < 1.29 is 23.9 Å². The minimum atomic E-state index is -0.834. The maximum Gasteiger partial charge on any atom is 0.408 e. The van der Waals surface area contributed by atoms with E-state index in [1.54, 1.807) is 6.08 Å². The van der Waals surface area contributed by atoms with Crippen molar-refractivity contribution in [2.24, 2.45) is 11.3 Å². The van der Waals surface area contributed by atoms with Gasteiger partial charge >= 0.3 is 6.09 Å². The number of amides is 3. The summed E-state index contributed by atoms with van der Waals surface area (Å²) in [5.74, 6) is -0.840. The molecule has 1 heterocycles. The lowest BCUT2D eigenvalue weighted by Gasteiger charge is -2.27. The molecule has 1 aliphatic rings. The smallest absolute Gasteiger partial charge is 0.408 e. The first-order chi connectivity index (χ1) is 15.5. The van der Waals surface area contributed by atoms with Crippen LogP contribution in [0.4, 0.5) is 4.79 Å². The van der Waals surface area contributed by atoms with E-state index in [-0.39, 0.29) is 29.6 Å². The first kappa shape index (κ1) is 26.1. The van der Waals surface area contributed by atoms with Crippen LogP contribution in [0.1, 0.15) is 52.5 Å². The van der Waals surface area contributed by atoms with Crippen molar-refractivity contribution in [1.82, 2.24) is 16.0 Å². The maximum absolute atomic E-state index is 13.1. The zero-order valence-electron chi connectivity index (χ0n) is 19.9. The monoisotopic (exact) mass is 457 g/mol. The van der Waals surface area contributed by atoms with Crippen LogP contribution in [0.15, 0.2) is 42.5 Å². The van der Waals surface area contributed by atoms with Gasteiger partial charge in [-0.2, -0.15) is 0 Å². The number of benzene rings is 1. The molecule has 1 aliphatic heterocycles. The average Bonchev–Trinajstić information content (AvgIpc) is 3.14. The molecule has 0 aromatic heterocycles. The van der Waals surface area contributed by atoms with Crippen LogP contribution in [0, 0.1) is 11.3 Å². The van der Waals surface area contributed by atoms with Gasteiger partial charge in [0, 0.05) is 18.5 Å². The van der Waals surface area contributed by atoms with Gasteiger partial charge in [0.2, 0.25) is 11.8 Å². The second kappa shape index (κ2) is 12.2. The van der Waals surface area contributed by atoms with Crippen molar-refractivity contribution in [3.63, 3.8) is 0 Å². The van der Waals surface area contributed by atoms with Crippen molar-refractivity contribution in [2.75, 3.05) is 6.54 Å². The molecule has 1 saturated heterocycles. The van der Waals surface area contributed by atoms with E-state index in [0.29, 0.717) is 25.8 Å². The molecule has 8 heteroatoms. The predicted octanol–water partition coefficient (Wildman–Crippen LogP) is 2.87. The number of carbonyl (C=O) groups excluding carboxylic acids is 4. The summed E-state index contributed by atoms with van der Waals surface area (Å²) < 4.78 is 5.29. The Labute approximate surface area is 195 Å². The number of carbonyl (C=O) groups is 4. The van der Waals surface area contributed by atoms with Gasteiger partial charge in [-0.15, -0.1) is 0 Å². The van der Waals surface area contributed by atoms with Crippen LogP contribution in [0.25, 0.3) is 0 Å². The second-order valence-electron chi connectivity index (χ2n) is 9.62. The first-order valence-corrected chi connectivity index (χ1v) is 11.3. The fourth-order valence-corrected chi connectivity index (χ4v) is 3.63.